The van der Waals surface area contributed by atoms with Crippen molar-refractivity contribution in [2.75, 3.05) is 0 Å². The molecule has 1 fully saturated rings. The van der Waals surface area contributed by atoms with Crippen LogP contribution in [0.3, 0.4) is 0 Å². The van der Waals surface area contributed by atoms with Crippen molar-refractivity contribution >= 4 is 11.7 Å². The van der Waals surface area contributed by atoms with Crippen molar-refractivity contribution in [3.8, 4) is 0 Å². The lowest BCUT2D eigenvalue weighted by atomic mass is 10.1. The summed E-state index contributed by atoms with van der Waals surface area (Å²) in [6.07, 6.45) is -0.419. The zero-order valence-electron chi connectivity index (χ0n) is 8.06. The van der Waals surface area contributed by atoms with Gasteiger partial charge in [0.05, 0.1) is 4.92 Å². The van der Waals surface area contributed by atoms with Gasteiger partial charge in [0.2, 0.25) is 0 Å². The summed E-state index contributed by atoms with van der Waals surface area (Å²) in [6, 6.07) is 5.69. The van der Waals surface area contributed by atoms with Gasteiger partial charge in [-0.2, -0.15) is 0 Å². The van der Waals surface area contributed by atoms with Gasteiger partial charge < -0.3 is 0 Å². The fourth-order valence-corrected chi connectivity index (χ4v) is 1.33. The highest BCUT2D eigenvalue weighted by atomic mass is 16.6. The summed E-state index contributed by atoms with van der Waals surface area (Å²) in [7, 11) is 0. The molecular formula is C8H9N5O3. The Balaban J connectivity index is 2.17. The first kappa shape index (κ1) is 10.3. The second kappa shape index (κ2) is 4.13. The van der Waals surface area contributed by atoms with Crippen LogP contribution in [0.15, 0.2) is 24.3 Å². The number of carbonyl (C=O) groups excluding carboxylic acids is 1. The summed E-state index contributed by atoms with van der Waals surface area (Å²) in [5, 5.41) is 10.6. The Morgan fingerprint density at radius 3 is 2.56 bits per heavy atom. The summed E-state index contributed by atoms with van der Waals surface area (Å²) >= 11 is 0. The Labute approximate surface area is 90.1 Å². The van der Waals surface area contributed by atoms with Gasteiger partial charge in [-0.3, -0.25) is 21.0 Å². The van der Waals surface area contributed by atoms with E-state index >= 15 is 0 Å². The van der Waals surface area contributed by atoms with Crippen LogP contribution in [0, 0.1) is 10.1 Å². The van der Waals surface area contributed by atoms with Crippen molar-refractivity contribution < 1.29 is 9.72 Å². The summed E-state index contributed by atoms with van der Waals surface area (Å²) in [4.78, 5) is 20.9. The van der Waals surface area contributed by atoms with E-state index in [0.717, 1.165) is 0 Å². The maximum absolute atomic E-state index is 10.8. The lowest BCUT2D eigenvalue weighted by molar-refractivity contribution is -0.384. The number of carbonyl (C=O) groups is 1. The van der Waals surface area contributed by atoms with Crippen molar-refractivity contribution in [1.82, 2.24) is 21.7 Å². The van der Waals surface area contributed by atoms with E-state index in [1.54, 1.807) is 12.1 Å². The molecule has 2 rings (SSSR count). The van der Waals surface area contributed by atoms with Gasteiger partial charge in [-0.1, -0.05) is 12.1 Å². The standard InChI is InChI=1S/C8H9N5O3/c14-8-11-9-7(10-12-8)5-2-1-3-6(4-5)13(15)16/h1-4,7,9-10H,(H2,11,12,14). The zero-order valence-corrected chi connectivity index (χ0v) is 8.06. The molecule has 1 saturated heterocycles. The van der Waals surface area contributed by atoms with Crippen LogP contribution in [-0.4, -0.2) is 11.0 Å². The topological polar surface area (TPSA) is 108 Å². The number of nitrogens with one attached hydrogen (secondary N) is 4. The van der Waals surface area contributed by atoms with Crippen molar-refractivity contribution in [3.05, 3.63) is 39.9 Å². The molecular weight excluding hydrogens is 214 g/mol. The van der Waals surface area contributed by atoms with Gasteiger partial charge in [-0.25, -0.2) is 15.6 Å². The largest absolute Gasteiger partial charge is 0.343 e. The van der Waals surface area contributed by atoms with E-state index in [2.05, 4.69) is 21.7 Å². The molecule has 8 nitrogen and oxygen atoms in total. The first-order valence-electron chi connectivity index (χ1n) is 4.48. The number of nitrogens with zero attached hydrogens (tertiary/aromatic N) is 1. The predicted octanol–water partition coefficient (Wildman–Crippen LogP) is -0.0846. The van der Waals surface area contributed by atoms with E-state index in [1.807, 2.05) is 0 Å². The van der Waals surface area contributed by atoms with Crippen molar-refractivity contribution in [2.45, 2.75) is 6.17 Å². The Morgan fingerprint density at radius 1 is 1.25 bits per heavy atom. The highest BCUT2D eigenvalue weighted by Crippen LogP contribution is 2.17. The third-order valence-electron chi connectivity index (χ3n) is 2.07. The molecule has 0 atom stereocenters. The molecule has 16 heavy (non-hydrogen) atoms. The highest BCUT2D eigenvalue weighted by Gasteiger charge is 2.19. The number of hydrogen-bond acceptors (Lipinski definition) is 5. The smallest absolute Gasteiger partial charge is 0.270 e. The molecule has 0 spiro atoms. The normalized spacial score (nSPS) is 16.4. The van der Waals surface area contributed by atoms with Crippen molar-refractivity contribution in [3.63, 3.8) is 0 Å². The maximum atomic E-state index is 10.8. The Morgan fingerprint density at radius 2 is 1.94 bits per heavy atom. The average molecular weight is 223 g/mol. The molecule has 0 aromatic heterocycles. The van der Waals surface area contributed by atoms with E-state index in [0.29, 0.717) is 5.56 Å². The number of rotatable bonds is 2. The first-order valence-corrected chi connectivity index (χ1v) is 4.48. The number of non-ortho nitro benzene ring substituents is 1. The molecule has 4 N–H and O–H groups in total. The van der Waals surface area contributed by atoms with Crippen LogP contribution >= 0.6 is 0 Å². The van der Waals surface area contributed by atoms with Gasteiger partial charge in [0.15, 0.2) is 0 Å². The van der Waals surface area contributed by atoms with E-state index in [4.69, 9.17) is 0 Å². The maximum Gasteiger partial charge on any atom is 0.343 e. The summed E-state index contributed by atoms with van der Waals surface area (Å²) in [6.45, 7) is 0. The van der Waals surface area contributed by atoms with Gasteiger partial charge in [-0.05, 0) is 5.56 Å². The number of benzene rings is 1. The lowest BCUT2D eigenvalue weighted by Gasteiger charge is -2.26. The fourth-order valence-electron chi connectivity index (χ4n) is 1.33. The minimum absolute atomic E-state index is 0.00185. The lowest BCUT2D eigenvalue weighted by Crippen LogP contribution is -2.61. The van der Waals surface area contributed by atoms with Crippen molar-refractivity contribution in [2.24, 2.45) is 0 Å². The number of hydrazine groups is 2. The number of nitro groups is 1. The van der Waals surface area contributed by atoms with E-state index in [-0.39, 0.29) is 5.69 Å². The molecule has 1 aliphatic rings. The van der Waals surface area contributed by atoms with Gasteiger partial charge in [0.1, 0.15) is 6.17 Å². The van der Waals surface area contributed by atoms with Crippen LogP contribution < -0.4 is 21.7 Å². The van der Waals surface area contributed by atoms with Gasteiger partial charge in [-0.15, -0.1) is 0 Å². The molecule has 0 aliphatic carbocycles. The highest BCUT2D eigenvalue weighted by molar-refractivity contribution is 5.73. The number of urea groups is 1. The molecule has 8 heteroatoms. The monoisotopic (exact) mass is 223 g/mol. The van der Waals surface area contributed by atoms with Crippen LogP contribution in [-0.2, 0) is 0 Å². The van der Waals surface area contributed by atoms with E-state index < -0.39 is 17.1 Å². The molecule has 0 saturated carbocycles. The molecule has 0 bridgehead atoms. The number of amides is 2. The molecule has 84 valence electrons. The first-order chi connectivity index (χ1) is 7.66. The molecule has 1 heterocycles. The van der Waals surface area contributed by atoms with Crippen LogP contribution in [0.2, 0.25) is 0 Å². The van der Waals surface area contributed by atoms with Crippen LogP contribution in [0.5, 0.6) is 0 Å². The minimum atomic E-state index is -0.474. The number of hydrogen-bond donors (Lipinski definition) is 4. The van der Waals surface area contributed by atoms with E-state index in [1.165, 1.54) is 12.1 Å². The summed E-state index contributed by atoms with van der Waals surface area (Å²) in [5.41, 5.74) is 10.6. The van der Waals surface area contributed by atoms with Gasteiger partial charge in [0.25, 0.3) is 5.69 Å². The SMILES string of the molecule is O=C1NNC(c2cccc([N+](=O)[O-])c2)NN1. The quantitative estimate of drug-likeness (QED) is 0.414. The molecule has 2 amide bonds. The summed E-state index contributed by atoms with van der Waals surface area (Å²) in [5.74, 6) is 0. The number of nitro benzene ring substituents is 1. The molecule has 1 aromatic carbocycles. The van der Waals surface area contributed by atoms with Crippen molar-refractivity contribution in [1.29, 1.82) is 0 Å². The predicted molar refractivity (Wildman–Crippen MR) is 53.8 cm³/mol. The molecule has 1 aliphatic heterocycles. The average Bonchev–Trinajstić information content (AvgIpc) is 2.30. The molecule has 0 radical (unpaired) electrons. The third-order valence-corrected chi connectivity index (χ3v) is 2.07. The molecule has 0 unspecified atom stereocenters. The molecule has 1 aromatic rings. The van der Waals surface area contributed by atoms with E-state index in [9.17, 15) is 14.9 Å². The van der Waals surface area contributed by atoms with Gasteiger partial charge >= 0.3 is 6.03 Å². The van der Waals surface area contributed by atoms with Crippen LogP contribution in [0.25, 0.3) is 0 Å². The van der Waals surface area contributed by atoms with Crippen LogP contribution in [0.4, 0.5) is 10.5 Å². The zero-order chi connectivity index (χ0) is 11.5. The fraction of sp³-hybridized carbons (Fsp3) is 0.125. The Hall–Kier alpha value is -2.19. The Kier molecular flexibility index (Phi) is 2.66. The second-order valence-corrected chi connectivity index (χ2v) is 3.15. The second-order valence-electron chi connectivity index (χ2n) is 3.15. The Bertz CT molecular complexity index is 425. The third kappa shape index (κ3) is 2.07. The van der Waals surface area contributed by atoms with Gasteiger partial charge in [0, 0.05) is 12.1 Å². The minimum Gasteiger partial charge on any atom is -0.270 e. The summed E-state index contributed by atoms with van der Waals surface area (Å²) < 4.78 is 0. The van der Waals surface area contributed by atoms with Crippen LogP contribution in [0.1, 0.15) is 11.7 Å².